The van der Waals surface area contributed by atoms with Crippen molar-refractivity contribution in [1.82, 2.24) is 4.90 Å². The van der Waals surface area contributed by atoms with Crippen LogP contribution in [0.2, 0.25) is 0 Å². The molecule has 0 aromatic heterocycles. The number of rotatable bonds is 5. The van der Waals surface area contributed by atoms with Crippen LogP contribution in [0, 0.1) is 6.92 Å². The van der Waals surface area contributed by atoms with E-state index in [4.69, 9.17) is 0 Å². The van der Waals surface area contributed by atoms with Gasteiger partial charge in [-0.25, -0.2) is 0 Å². The van der Waals surface area contributed by atoms with Gasteiger partial charge in [-0.2, -0.15) is 0 Å². The van der Waals surface area contributed by atoms with Crippen LogP contribution in [-0.4, -0.2) is 11.9 Å². The van der Waals surface area contributed by atoms with Crippen molar-refractivity contribution in [1.29, 1.82) is 0 Å². The van der Waals surface area contributed by atoms with E-state index < -0.39 is 0 Å². The monoisotopic (exact) mass is 241 g/mol. The Morgan fingerprint density at radius 3 is 2.39 bits per heavy atom. The molecule has 1 aromatic rings. The van der Waals surface area contributed by atoms with Crippen molar-refractivity contribution in [3.05, 3.63) is 65.9 Å². The Balaban J connectivity index is 2.94. The fourth-order valence-corrected chi connectivity index (χ4v) is 1.80. The number of hydrogen-bond donors (Lipinski definition) is 0. The highest BCUT2D eigenvalue weighted by Gasteiger charge is 2.07. The van der Waals surface area contributed by atoms with E-state index in [9.17, 15) is 0 Å². The molecule has 0 aliphatic heterocycles. The molecule has 0 bridgehead atoms. The molecule has 0 fully saturated rings. The summed E-state index contributed by atoms with van der Waals surface area (Å²) in [6.07, 6.45) is 7.34. The van der Waals surface area contributed by atoms with E-state index in [0.717, 1.165) is 12.1 Å². The molecule has 0 amide bonds. The van der Waals surface area contributed by atoms with Gasteiger partial charge in [-0.3, -0.25) is 0 Å². The molecule has 18 heavy (non-hydrogen) atoms. The average Bonchev–Trinajstić information content (AvgIpc) is 2.38. The third-order valence-corrected chi connectivity index (χ3v) is 2.96. The molecular formula is C17H23N. The first kappa shape index (κ1) is 14.3. The van der Waals surface area contributed by atoms with Gasteiger partial charge in [0, 0.05) is 18.4 Å². The number of aryl methyl sites for hydroxylation is 1. The SMILES string of the molecule is C=C(/C=C\CC)N(C)/C(=C\C)c1ccc(C)cc1. The van der Waals surface area contributed by atoms with E-state index in [0.29, 0.717) is 0 Å². The lowest BCUT2D eigenvalue weighted by atomic mass is 10.1. The van der Waals surface area contributed by atoms with Gasteiger partial charge in [-0.15, -0.1) is 0 Å². The standard InChI is InChI=1S/C17H23N/c1-6-8-9-15(4)18(5)17(7-2)16-12-10-14(3)11-13-16/h7-13H,4,6H2,1-3,5H3/b9-8-,17-7-. The molecule has 0 unspecified atom stereocenters. The summed E-state index contributed by atoms with van der Waals surface area (Å²) in [6, 6.07) is 8.57. The van der Waals surface area contributed by atoms with Gasteiger partial charge < -0.3 is 4.90 Å². The van der Waals surface area contributed by atoms with Gasteiger partial charge in [0.2, 0.25) is 0 Å². The first-order valence-electron chi connectivity index (χ1n) is 6.42. The summed E-state index contributed by atoms with van der Waals surface area (Å²) in [5.41, 5.74) is 4.68. The highest BCUT2D eigenvalue weighted by Crippen LogP contribution is 2.22. The fourth-order valence-electron chi connectivity index (χ4n) is 1.80. The molecule has 0 radical (unpaired) electrons. The molecule has 0 N–H and O–H groups in total. The predicted molar refractivity (Wildman–Crippen MR) is 81.2 cm³/mol. The third kappa shape index (κ3) is 3.63. The predicted octanol–water partition coefficient (Wildman–Crippen LogP) is 4.77. The number of benzene rings is 1. The minimum Gasteiger partial charge on any atom is -0.345 e. The van der Waals surface area contributed by atoms with E-state index in [2.05, 4.69) is 81.8 Å². The summed E-state index contributed by atoms with van der Waals surface area (Å²) in [4.78, 5) is 2.12. The molecule has 1 nitrogen and oxygen atoms in total. The lowest BCUT2D eigenvalue weighted by Crippen LogP contribution is -2.14. The van der Waals surface area contributed by atoms with Gasteiger partial charge in [0.1, 0.15) is 0 Å². The second-order valence-electron chi connectivity index (χ2n) is 4.40. The van der Waals surface area contributed by atoms with Crippen LogP contribution in [0.15, 0.2) is 54.8 Å². The lowest BCUT2D eigenvalue weighted by Gasteiger charge is -2.23. The summed E-state index contributed by atoms with van der Waals surface area (Å²) in [6.45, 7) is 10.4. The van der Waals surface area contributed by atoms with Crippen LogP contribution in [0.25, 0.3) is 5.70 Å². The molecule has 96 valence electrons. The fraction of sp³-hybridized carbons (Fsp3) is 0.294. The molecule has 0 heterocycles. The Kier molecular flexibility index (Phi) is 5.44. The quantitative estimate of drug-likeness (QED) is 0.671. The third-order valence-electron chi connectivity index (χ3n) is 2.96. The summed E-state index contributed by atoms with van der Waals surface area (Å²) in [5, 5.41) is 0. The van der Waals surface area contributed by atoms with Gasteiger partial charge >= 0.3 is 0 Å². The van der Waals surface area contributed by atoms with Crippen molar-refractivity contribution in [3.8, 4) is 0 Å². The maximum atomic E-state index is 4.10. The Morgan fingerprint density at radius 1 is 1.28 bits per heavy atom. The van der Waals surface area contributed by atoms with Crippen LogP contribution < -0.4 is 0 Å². The van der Waals surface area contributed by atoms with Gasteiger partial charge in [0.25, 0.3) is 0 Å². The van der Waals surface area contributed by atoms with E-state index in [1.807, 2.05) is 0 Å². The van der Waals surface area contributed by atoms with E-state index in [1.165, 1.54) is 16.8 Å². The lowest BCUT2D eigenvalue weighted by molar-refractivity contribution is 0.618. The van der Waals surface area contributed by atoms with Crippen LogP contribution in [0.1, 0.15) is 31.4 Å². The second-order valence-corrected chi connectivity index (χ2v) is 4.40. The zero-order valence-electron chi connectivity index (χ0n) is 11.9. The molecule has 0 aliphatic carbocycles. The van der Waals surface area contributed by atoms with Crippen molar-refractivity contribution >= 4 is 5.70 Å². The van der Waals surface area contributed by atoms with Crippen molar-refractivity contribution in [3.63, 3.8) is 0 Å². The molecule has 1 heteroatoms. The molecule has 0 spiro atoms. The number of hydrogen-bond acceptors (Lipinski definition) is 1. The second kappa shape index (κ2) is 6.85. The highest BCUT2D eigenvalue weighted by atomic mass is 15.1. The minimum absolute atomic E-state index is 1.01. The Bertz CT molecular complexity index is 449. The normalized spacial score (nSPS) is 11.9. The van der Waals surface area contributed by atoms with Gasteiger partial charge in [0.05, 0.1) is 0 Å². The summed E-state index contributed by atoms with van der Waals surface area (Å²) < 4.78 is 0. The molecule has 1 aromatic carbocycles. The van der Waals surface area contributed by atoms with Crippen molar-refractivity contribution in [2.24, 2.45) is 0 Å². The summed E-state index contributed by atoms with van der Waals surface area (Å²) >= 11 is 0. The van der Waals surface area contributed by atoms with Gasteiger partial charge in [-0.05, 0) is 31.9 Å². The zero-order chi connectivity index (χ0) is 13.5. The highest BCUT2D eigenvalue weighted by molar-refractivity contribution is 5.65. The molecule has 0 saturated carbocycles. The minimum atomic E-state index is 1.01. The number of likely N-dealkylation sites (N-methyl/N-ethyl adjacent to an activating group) is 1. The number of allylic oxidation sites excluding steroid dienone is 3. The van der Waals surface area contributed by atoms with Gasteiger partial charge in [-0.1, -0.05) is 55.5 Å². The Hall–Kier alpha value is -1.76. The van der Waals surface area contributed by atoms with Crippen LogP contribution in [0.4, 0.5) is 0 Å². The molecule has 0 saturated heterocycles. The van der Waals surface area contributed by atoms with Crippen LogP contribution in [-0.2, 0) is 0 Å². The van der Waals surface area contributed by atoms with Crippen molar-refractivity contribution in [2.75, 3.05) is 7.05 Å². The first-order valence-corrected chi connectivity index (χ1v) is 6.42. The summed E-state index contributed by atoms with van der Waals surface area (Å²) in [7, 11) is 2.05. The van der Waals surface area contributed by atoms with Gasteiger partial charge in [0.15, 0.2) is 0 Å². The molecule has 0 atom stereocenters. The Labute approximate surface area is 111 Å². The van der Waals surface area contributed by atoms with Crippen molar-refractivity contribution in [2.45, 2.75) is 27.2 Å². The molecule has 0 aliphatic rings. The maximum Gasteiger partial charge on any atom is 0.0438 e. The van der Waals surface area contributed by atoms with E-state index in [-0.39, 0.29) is 0 Å². The maximum absolute atomic E-state index is 4.10. The topological polar surface area (TPSA) is 3.24 Å². The first-order chi connectivity index (χ1) is 8.60. The smallest absolute Gasteiger partial charge is 0.0438 e. The van der Waals surface area contributed by atoms with Crippen LogP contribution in [0.3, 0.4) is 0 Å². The molecule has 1 rings (SSSR count). The van der Waals surface area contributed by atoms with Crippen LogP contribution in [0.5, 0.6) is 0 Å². The van der Waals surface area contributed by atoms with E-state index in [1.54, 1.807) is 0 Å². The summed E-state index contributed by atoms with van der Waals surface area (Å²) in [5.74, 6) is 0. The van der Waals surface area contributed by atoms with E-state index >= 15 is 0 Å². The Morgan fingerprint density at radius 2 is 1.89 bits per heavy atom. The largest absolute Gasteiger partial charge is 0.345 e. The average molecular weight is 241 g/mol. The molecular weight excluding hydrogens is 218 g/mol. The van der Waals surface area contributed by atoms with Crippen molar-refractivity contribution < 1.29 is 0 Å². The number of nitrogens with zero attached hydrogens (tertiary/aromatic N) is 1. The van der Waals surface area contributed by atoms with Crippen LogP contribution >= 0.6 is 0 Å². The zero-order valence-corrected chi connectivity index (χ0v) is 11.9.